The molecule has 1 rings (SSSR count). The molecule has 0 aromatic rings. The van der Waals surface area contributed by atoms with Crippen molar-refractivity contribution in [1.82, 2.24) is 4.90 Å². The summed E-state index contributed by atoms with van der Waals surface area (Å²) in [6.07, 6.45) is 5.48. The summed E-state index contributed by atoms with van der Waals surface area (Å²) < 4.78 is 0. The Morgan fingerprint density at radius 2 is 1.35 bits per heavy atom. The fourth-order valence-corrected chi connectivity index (χ4v) is 2.18. The van der Waals surface area contributed by atoms with Crippen molar-refractivity contribution in [2.75, 3.05) is 20.1 Å². The summed E-state index contributed by atoms with van der Waals surface area (Å²) in [4.78, 5) is 2.38. The quantitative estimate of drug-likeness (QED) is 0.572. The van der Waals surface area contributed by atoms with E-state index in [1.54, 1.807) is 0 Å². The van der Waals surface area contributed by atoms with Gasteiger partial charge in [0.05, 0.1) is 0 Å². The van der Waals surface area contributed by atoms with E-state index in [0.29, 0.717) is 0 Å². The van der Waals surface area contributed by atoms with Crippen LogP contribution in [0.15, 0.2) is 0 Å². The Bertz CT molecular complexity index is 140. The molecule has 0 spiro atoms. The van der Waals surface area contributed by atoms with Crippen LogP contribution >= 0.6 is 0 Å². The summed E-state index contributed by atoms with van der Waals surface area (Å²) in [7, 11) is 2.18. The minimum Gasteiger partial charge on any atom is -0.306 e. The third-order valence-corrected chi connectivity index (χ3v) is 3.83. The molecule has 3 atom stereocenters. The summed E-state index contributed by atoms with van der Waals surface area (Å²) in [5, 5.41) is 0. The zero-order valence-electron chi connectivity index (χ0n) is 16.4. The van der Waals surface area contributed by atoms with Gasteiger partial charge in [0.15, 0.2) is 0 Å². The monoisotopic (exact) mass is 287 g/mol. The van der Waals surface area contributed by atoms with Gasteiger partial charge in [0.2, 0.25) is 0 Å². The number of nitrogens with zero attached hydrogens (tertiary/aromatic N) is 1. The molecule has 0 aliphatic carbocycles. The molecule has 1 heterocycles. The van der Waals surface area contributed by atoms with Crippen molar-refractivity contribution in [2.24, 2.45) is 17.8 Å². The van der Waals surface area contributed by atoms with Crippen molar-refractivity contribution < 1.29 is 0 Å². The van der Waals surface area contributed by atoms with Gasteiger partial charge in [-0.25, -0.2) is 0 Å². The lowest BCUT2D eigenvalue weighted by atomic mass is 9.94. The van der Waals surface area contributed by atoms with Crippen LogP contribution in [0.5, 0.6) is 0 Å². The predicted octanol–water partition coefficient (Wildman–Crippen LogP) is 6.48. The van der Waals surface area contributed by atoms with Crippen molar-refractivity contribution in [3.63, 3.8) is 0 Å². The van der Waals surface area contributed by atoms with E-state index in [4.69, 9.17) is 0 Å². The van der Waals surface area contributed by atoms with Crippen molar-refractivity contribution in [2.45, 2.75) is 88.0 Å². The van der Waals surface area contributed by atoms with Crippen LogP contribution in [0.25, 0.3) is 0 Å². The van der Waals surface area contributed by atoms with Crippen LogP contribution in [0.2, 0.25) is 0 Å². The molecule has 0 aromatic heterocycles. The maximum absolute atomic E-state index is 2.38. The fourth-order valence-electron chi connectivity index (χ4n) is 2.18. The summed E-state index contributed by atoms with van der Waals surface area (Å²) in [5.74, 6) is 2.81. The summed E-state index contributed by atoms with van der Waals surface area (Å²) in [6.45, 7) is 22.1. The van der Waals surface area contributed by atoms with Gasteiger partial charge in [-0.3, -0.25) is 0 Å². The van der Waals surface area contributed by atoms with E-state index in [1.807, 2.05) is 27.7 Å². The summed E-state index contributed by atoms with van der Waals surface area (Å²) in [5.41, 5.74) is 0. The molecule has 0 aromatic carbocycles. The Morgan fingerprint density at radius 3 is 1.50 bits per heavy atom. The standard InChI is InChI=1S/C9H20.C6H13N.2C2H6/c1-5-8(3)7-9(4)6-2;1-6-3-4-7(2)5-6;2*1-2/h8-9H,5-7H2,1-4H3;6H,3-5H2,1-2H3;2*1-2H3. The maximum atomic E-state index is 2.38. The molecule has 1 fully saturated rings. The number of hydrogen-bond donors (Lipinski definition) is 0. The van der Waals surface area contributed by atoms with E-state index in [9.17, 15) is 0 Å². The first-order valence-electron chi connectivity index (χ1n) is 9.18. The molecule has 1 aliphatic rings. The van der Waals surface area contributed by atoms with E-state index in [0.717, 1.165) is 17.8 Å². The highest BCUT2D eigenvalue weighted by atomic mass is 15.1. The maximum Gasteiger partial charge on any atom is 0.000445 e. The highest BCUT2D eigenvalue weighted by molar-refractivity contribution is 4.67. The Balaban J connectivity index is -0.000000234. The summed E-state index contributed by atoms with van der Waals surface area (Å²) >= 11 is 0. The topological polar surface area (TPSA) is 3.24 Å². The third kappa shape index (κ3) is 18.0. The van der Waals surface area contributed by atoms with Crippen LogP contribution in [0.4, 0.5) is 0 Å². The first-order valence-corrected chi connectivity index (χ1v) is 9.18. The lowest BCUT2D eigenvalue weighted by molar-refractivity contribution is 0.397. The molecule has 0 radical (unpaired) electrons. The minimum absolute atomic E-state index is 0.931. The molecule has 0 amide bonds. The van der Waals surface area contributed by atoms with Crippen LogP contribution in [0.3, 0.4) is 0 Å². The van der Waals surface area contributed by atoms with Gasteiger partial charge in [0, 0.05) is 6.54 Å². The van der Waals surface area contributed by atoms with E-state index in [1.165, 1.54) is 38.8 Å². The molecule has 1 heteroatoms. The normalized spacial score (nSPS) is 20.4. The molecule has 3 unspecified atom stereocenters. The van der Waals surface area contributed by atoms with Gasteiger partial charge >= 0.3 is 0 Å². The van der Waals surface area contributed by atoms with Crippen molar-refractivity contribution in [3.8, 4) is 0 Å². The second-order valence-electron chi connectivity index (χ2n) is 5.92. The molecule has 1 aliphatic heterocycles. The molecule has 126 valence electrons. The summed E-state index contributed by atoms with van der Waals surface area (Å²) in [6, 6.07) is 0. The van der Waals surface area contributed by atoms with Crippen LogP contribution in [-0.4, -0.2) is 25.0 Å². The van der Waals surface area contributed by atoms with E-state index in [-0.39, 0.29) is 0 Å². The first kappa shape index (κ1) is 24.9. The van der Waals surface area contributed by atoms with Gasteiger partial charge < -0.3 is 4.90 Å². The van der Waals surface area contributed by atoms with Crippen LogP contribution in [0, 0.1) is 17.8 Å². The second kappa shape index (κ2) is 19.0. The fraction of sp³-hybridized carbons (Fsp3) is 1.00. The molecule has 0 saturated carbocycles. The Labute approximate surface area is 131 Å². The predicted molar refractivity (Wildman–Crippen MR) is 97.5 cm³/mol. The van der Waals surface area contributed by atoms with Gasteiger partial charge in [-0.1, -0.05) is 75.2 Å². The van der Waals surface area contributed by atoms with Gasteiger partial charge in [-0.2, -0.15) is 0 Å². The molecular formula is C19H45N. The Hall–Kier alpha value is -0.0400. The molecule has 0 bridgehead atoms. The van der Waals surface area contributed by atoms with Crippen molar-refractivity contribution in [1.29, 1.82) is 0 Å². The molecule has 20 heavy (non-hydrogen) atoms. The van der Waals surface area contributed by atoms with Crippen molar-refractivity contribution >= 4 is 0 Å². The lowest BCUT2D eigenvalue weighted by Crippen LogP contribution is -2.12. The first-order chi connectivity index (χ1) is 9.49. The van der Waals surface area contributed by atoms with Gasteiger partial charge in [0.1, 0.15) is 0 Å². The molecule has 0 N–H and O–H groups in total. The largest absolute Gasteiger partial charge is 0.306 e. The smallest absolute Gasteiger partial charge is 0.000445 e. The molecular weight excluding hydrogens is 242 g/mol. The zero-order valence-corrected chi connectivity index (χ0v) is 16.4. The van der Waals surface area contributed by atoms with Crippen LogP contribution < -0.4 is 0 Å². The highest BCUT2D eigenvalue weighted by Gasteiger charge is 2.13. The molecule has 1 nitrogen and oxygen atoms in total. The van der Waals surface area contributed by atoms with E-state index < -0.39 is 0 Å². The van der Waals surface area contributed by atoms with Gasteiger partial charge in [-0.15, -0.1) is 0 Å². The highest BCUT2D eigenvalue weighted by Crippen LogP contribution is 2.16. The second-order valence-corrected chi connectivity index (χ2v) is 5.92. The lowest BCUT2D eigenvalue weighted by Gasteiger charge is -2.12. The van der Waals surface area contributed by atoms with Gasteiger partial charge in [-0.05, 0) is 44.2 Å². The van der Waals surface area contributed by atoms with Crippen LogP contribution in [0.1, 0.15) is 88.0 Å². The van der Waals surface area contributed by atoms with Crippen LogP contribution in [-0.2, 0) is 0 Å². The minimum atomic E-state index is 0.931. The average molecular weight is 288 g/mol. The number of rotatable bonds is 4. The van der Waals surface area contributed by atoms with Gasteiger partial charge in [0.25, 0.3) is 0 Å². The Kier molecular flexibility index (Phi) is 23.6. The third-order valence-electron chi connectivity index (χ3n) is 3.83. The Morgan fingerprint density at radius 1 is 0.950 bits per heavy atom. The van der Waals surface area contributed by atoms with E-state index >= 15 is 0 Å². The average Bonchev–Trinajstić information content (AvgIpc) is 2.87. The van der Waals surface area contributed by atoms with E-state index in [2.05, 4.69) is 46.6 Å². The SMILES string of the molecule is CC.CC.CC1CCN(C)C1.CCC(C)CC(C)CC. The number of likely N-dealkylation sites (tertiary alicyclic amines) is 1. The molecule has 1 saturated heterocycles. The van der Waals surface area contributed by atoms with Crippen molar-refractivity contribution in [3.05, 3.63) is 0 Å². The zero-order chi connectivity index (χ0) is 16.6. The number of hydrogen-bond acceptors (Lipinski definition) is 1.